The van der Waals surface area contributed by atoms with Crippen molar-refractivity contribution in [3.8, 4) is 17.2 Å². The van der Waals surface area contributed by atoms with Gasteiger partial charge in [-0.1, -0.05) is 127 Å². The van der Waals surface area contributed by atoms with Crippen LogP contribution in [-0.2, 0) is 4.57 Å². The van der Waals surface area contributed by atoms with Crippen molar-refractivity contribution < 1.29 is 18.1 Å². The van der Waals surface area contributed by atoms with Gasteiger partial charge in [0.15, 0.2) is 0 Å². The lowest BCUT2D eigenvalue weighted by Gasteiger charge is -2.22. The van der Waals surface area contributed by atoms with Crippen LogP contribution in [-0.4, -0.2) is 0 Å². The summed E-state index contributed by atoms with van der Waals surface area (Å²) in [6, 6.07) is 61.4. The van der Waals surface area contributed by atoms with Gasteiger partial charge in [-0.2, -0.15) is 19.9 Å². The molecular formula is C48H33N6O4P. The summed E-state index contributed by atoms with van der Waals surface area (Å²) in [5.41, 5.74) is 3.94. The zero-order chi connectivity index (χ0) is 39.9. The Kier molecular flexibility index (Phi) is 10.4. The Labute approximate surface area is 339 Å². The summed E-state index contributed by atoms with van der Waals surface area (Å²) in [5.74, 6) is 0.785. The van der Waals surface area contributed by atoms with E-state index in [0.717, 1.165) is 16.2 Å². The smallest absolute Gasteiger partial charge is 0.385 e. The maximum absolute atomic E-state index is 15.4. The maximum atomic E-state index is 15.4. The van der Waals surface area contributed by atoms with E-state index < -0.39 is 7.82 Å². The molecule has 10 nitrogen and oxygen atoms in total. The Balaban J connectivity index is 1.13. The number of fused-ring (bicyclic) bond motifs is 3. The molecule has 59 heavy (non-hydrogen) atoms. The molecule has 0 atom stereocenters. The molecule has 0 fully saturated rings. The van der Waals surface area contributed by atoms with Gasteiger partial charge in [0.05, 0.1) is 34.1 Å². The zero-order valence-corrected chi connectivity index (χ0v) is 32.2. The molecule has 0 aliphatic rings. The SMILES string of the molecule is O=P(Oc1ccc(N=Nc2ccccc2)c2ccccc12)(Oc1ccc(N=Nc2ccccc2)c2ccccc12)Oc1ccc(N=Nc2ccccc2)c2ccccc12. The third-order valence-corrected chi connectivity index (χ3v) is 10.6. The summed E-state index contributed by atoms with van der Waals surface area (Å²) < 4.78 is 34.8. The summed E-state index contributed by atoms with van der Waals surface area (Å²) in [6.45, 7) is 0. The Morgan fingerprint density at radius 1 is 0.271 bits per heavy atom. The second-order valence-electron chi connectivity index (χ2n) is 13.2. The molecule has 0 N–H and O–H groups in total. The molecule has 9 aromatic carbocycles. The number of azo groups is 3. The number of benzene rings is 9. The zero-order valence-electron chi connectivity index (χ0n) is 31.3. The van der Waals surface area contributed by atoms with E-state index in [1.54, 1.807) is 36.4 Å². The number of phosphoric acid groups is 1. The van der Waals surface area contributed by atoms with Crippen molar-refractivity contribution in [2.75, 3.05) is 0 Å². The number of phosphoric ester groups is 1. The van der Waals surface area contributed by atoms with E-state index in [1.165, 1.54) is 0 Å². The highest BCUT2D eigenvalue weighted by atomic mass is 31.2. The quantitative estimate of drug-likeness (QED) is 0.0904. The van der Waals surface area contributed by atoms with E-state index in [-0.39, 0.29) is 17.2 Å². The van der Waals surface area contributed by atoms with E-state index in [9.17, 15) is 0 Å². The Bertz CT molecular complexity index is 2740. The predicted octanol–water partition coefficient (Wildman–Crippen LogP) is 16.0. The molecule has 0 unspecified atom stereocenters. The summed E-state index contributed by atoms with van der Waals surface area (Å²) in [6.07, 6.45) is 0. The first-order valence-corrected chi connectivity index (χ1v) is 20.2. The third-order valence-electron chi connectivity index (χ3n) is 9.30. The number of nitrogens with zero attached hydrogens (tertiary/aromatic N) is 6. The Hall–Kier alpha value is -7.81. The lowest BCUT2D eigenvalue weighted by molar-refractivity contribution is 0.302. The molecule has 0 heterocycles. The fourth-order valence-corrected chi connectivity index (χ4v) is 7.82. The van der Waals surface area contributed by atoms with E-state index in [2.05, 4.69) is 30.7 Å². The van der Waals surface area contributed by atoms with Gasteiger partial charge in [-0.25, -0.2) is 0 Å². The molecule has 284 valence electrons. The predicted molar refractivity (Wildman–Crippen MR) is 233 cm³/mol. The fraction of sp³-hybridized carbons (Fsp3) is 0. The average Bonchev–Trinajstić information content (AvgIpc) is 3.29. The van der Waals surface area contributed by atoms with Crippen molar-refractivity contribution in [1.29, 1.82) is 0 Å². The number of hydrogen-bond donors (Lipinski definition) is 0. The van der Waals surface area contributed by atoms with Crippen molar-refractivity contribution in [2.24, 2.45) is 30.7 Å². The van der Waals surface area contributed by atoms with Gasteiger partial charge in [-0.05, 0) is 72.8 Å². The van der Waals surface area contributed by atoms with Crippen LogP contribution in [0.25, 0.3) is 32.3 Å². The van der Waals surface area contributed by atoms with Crippen LogP contribution in [0.15, 0.2) is 231 Å². The molecule has 9 rings (SSSR count). The maximum Gasteiger partial charge on any atom is 0.647 e. The van der Waals surface area contributed by atoms with Crippen molar-refractivity contribution in [1.82, 2.24) is 0 Å². The van der Waals surface area contributed by atoms with Crippen molar-refractivity contribution >= 4 is 74.3 Å². The van der Waals surface area contributed by atoms with Crippen LogP contribution in [0.2, 0.25) is 0 Å². The van der Waals surface area contributed by atoms with E-state index >= 15 is 4.57 Å². The topological polar surface area (TPSA) is 119 Å². The van der Waals surface area contributed by atoms with Gasteiger partial charge < -0.3 is 13.6 Å². The molecule has 9 aromatic rings. The fourth-order valence-electron chi connectivity index (χ4n) is 6.50. The minimum atomic E-state index is -4.60. The first kappa shape index (κ1) is 36.8. The van der Waals surface area contributed by atoms with E-state index in [4.69, 9.17) is 13.6 Å². The third kappa shape index (κ3) is 8.34. The molecular weight excluding hydrogens is 756 g/mol. The molecule has 0 amide bonds. The average molecular weight is 789 g/mol. The van der Waals surface area contributed by atoms with Gasteiger partial charge in [-0.3, -0.25) is 0 Å². The molecule has 0 aliphatic heterocycles. The lowest BCUT2D eigenvalue weighted by Crippen LogP contribution is -2.08. The first-order valence-electron chi connectivity index (χ1n) is 18.7. The minimum Gasteiger partial charge on any atom is -0.385 e. The first-order chi connectivity index (χ1) is 29.1. The van der Waals surface area contributed by atoms with Gasteiger partial charge in [0.1, 0.15) is 17.2 Å². The Morgan fingerprint density at radius 3 is 0.814 bits per heavy atom. The molecule has 0 bridgehead atoms. The second kappa shape index (κ2) is 16.7. The largest absolute Gasteiger partial charge is 0.647 e. The molecule has 0 radical (unpaired) electrons. The van der Waals surface area contributed by atoms with Crippen LogP contribution in [0.3, 0.4) is 0 Å². The van der Waals surface area contributed by atoms with Gasteiger partial charge in [0, 0.05) is 32.3 Å². The lowest BCUT2D eigenvalue weighted by atomic mass is 10.1. The monoisotopic (exact) mass is 788 g/mol. The summed E-state index contributed by atoms with van der Waals surface area (Å²) >= 11 is 0. The Morgan fingerprint density at radius 2 is 0.525 bits per heavy atom. The van der Waals surface area contributed by atoms with Crippen LogP contribution >= 0.6 is 7.82 Å². The highest BCUT2D eigenvalue weighted by Gasteiger charge is 2.35. The van der Waals surface area contributed by atoms with Gasteiger partial charge in [0.2, 0.25) is 0 Å². The summed E-state index contributed by atoms with van der Waals surface area (Å²) in [4.78, 5) is 0. The number of hydrogen-bond acceptors (Lipinski definition) is 10. The van der Waals surface area contributed by atoms with Crippen LogP contribution in [0.1, 0.15) is 0 Å². The van der Waals surface area contributed by atoms with Crippen LogP contribution in [0.5, 0.6) is 17.2 Å². The van der Waals surface area contributed by atoms with Gasteiger partial charge in [-0.15, -0.1) is 15.3 Å². The number of rotatable bonds is 12. The van der Waals surface area contributed by atoms with Gasteiger partial charge in [0.25, 0.3) is 0 Å². The standard InChI is InChI=1S/C48H33N6O4P/c55-59(56-46-31-28-43(37-22-10-13-25-40(37)46)52-49-34-16-4-1-5-17-34,57-47-32-29-44(38-23-11-14-26-41(38)47)53-50-35-18-6-2-7-19-35)58-48-33-30-45(39-24-12-15-27-42(39)48)54-51-36-20-8-3-9-21-36/h1-33H. The second-order valence-corrected chi connectivity index (χ2v) is 14.7. The highest BCUT2D eigenvalue weighted by Crippen LogP contribution is 2.54. The summed E-state index contributed by atoms with van der Waals surface area (Å²) in [5, 5.41) is 31.0. The molecule has 0 aromatic heterocycles. The highest BCUT2D eigenvalue weighted by molar-refractivity contribution is 7.49. The van der Waals surface area contributed by atoms with E-state index in [1.807, 2.05) is 164 Å². The van der Waals surface area contributed by atoms with Crippen LogP contribution < -0.4 is 13.6 Å². The van der Waals surface area contributed by atoms with Crippen molar-refractivity contribution in [3.05, 3.63) is 200 Å². The molecule has 11 heteroatoms. The van der Waals surface area contributed by atoms with Crippen LogP contribution in [0, 0.1) is 0 Å². The van der Waals surface area contributed by atoms with E-state index in [0.29, 0.717) is 50.3 Å². The summed E-state index contributed by atoms with van der Waals surface area (Å²) in [7, 11) is -4.60. The molecule has 0 aliphatic carbocycles. The van der Waals surface area contributed by atoms with Crippen LogP contribution in [0.4, 0.5) is 34.1 Å². The molecule has 0 spiro atoms. The minimum absolute atomic E-state index is 0.262. The molecule has 0 saturated heterocycles. The van der Waals surface area contributed by atoms with Crippen molar-refractivity contribution in [2.45, 2.75) is 0 Å². The van der Waals surface area contributed by atoms with Gasteiger partial charge >= 0.3 is 7.82 Å². The molecule has 0 saturated carbocycles. The van der Waals surface area contributed by atoms with Crippen molar-refractivity contribution in [3.63, 3.8) is 0 Å². The normalized spacial score (nSPS) is 12.7.